The van der Waals surface area contributed by atoms with Crippen molar-refractivity contribution in [2.45, 2.75) is 46.5 Å². The zero-order valence-corrected chi connectivity index (χ0v) is 9.32. The average Bonchev–Trinajstić information content (AvgIpc) is 2.09. The maximum atomic E-state index is 3.40. The second kappa shape index (κ2) is 9.57. The van der Waals surface area contributed by atoms with Crippen LogP contribution in [0.25, 0.3) is 0 Å². The van der Waals surface area contributed by atoms with Gasteiger partial charge in [-0.3, -0.25) is 0 Å². The Labute approximate surface area is 82.9 Å². The molecule has 1 nitrogen and oxygen atoms in total. The van der Waals surface area contributed by atoms with Crippen molar-refractivity contribution in [2.75, 3.05) is 13.1 Å². The molecule has 0 spiro atoms. The highest BCUT2D eigenvalue weighted by atomic mass is 14.8. The van der Waals surface area contributed by atoms with E-state index in [0.717, 1.165) is 13.1 Å². The van der Waals surface area contributed by atoms with E-state index in [-0.39, 0.29) is 0 Å². The van der Waals surface area contributed by atoms with Crippen LogP contribution in [-0.4, -0.2) is 13.1 Å². The molecule has 0 radical (unpaired) electrons. The lowest BCUT2D eigenvalue weighted by Gasteiger charge is -2.00. The van der Waals surface area contributed by atoms with E-state index in [9.17, 15) is 0 Å². The fourth-order valence-electron chi connectivity index (χ4n) is 1.07. The zero-order chi connectivity index (χ0) is 9.94. The Bertz CT molecular complexity index is 160. The average molecular weight is 181 g/mol. The first-order valence-electron chi connectivity index (χ1n) is 5.36. The molecule has 0 unspecified atom stereocenters. The lowest BCUT2D eigenvalue weighted by atomic mass is 10.2. The van der Waals surface area contributed by atoms with Gasteiger partial charge in [0.25, 0.3) is 0 Å². The van der Waals surface area contributed by atoms with Crippen molar-refractivity contribution in [3.8, 4) is 0 Å². The van der Waals surface area contributed by atoms with Crippen LogP contribution >= 0.6 is 0 Å². The third-order valence-corrected chi connectivity index (χ3v) is 1.77. The summed E-state index contributed by atoms with van der Waals surface area (Å²) in [6.07, 6.45) is 7.10. The van der Waals surface area contributed by atoms with Gasteiger partial charge in [0.15, 0.2) is 0 Å². The van der Waals surface area contributed by atoms with Gasteiger partial charge in [0.05, 0.1) is 0 Å². The Hall–Kier alpha value is -0.520. The van der Waals surface area contributed by atoms with Gasteiger partial charge < -0.3 is 5.32 Å². The van der Waals surface area contributed by atoms with Gasteiger partial charge in [-0.05, 0) is 64.3 Å². The van der Waals surface area contributed by atoms with Crippen molar-refractivity contribution in [3.05, 3.63) is 17.4 Å². The number of allylic oxidation sites excluding steroid dienone is 1. The van der Waals surface area contributed by atoms with E-state index in [1.165, 1.54) is 31.3 Å². The highest BCUT2D eigenvalue weighted by Gasteiger charge is 1.85. The van der Waals surface area contributed by atoms with Crippen LogP contribution in [-0.2, 0) is 0 Å². The minimum Gasteiger partial charge on any atom is -0.317 e. The quantitative estimate of drug-likeness (QED) is 0.469. The van der Waals surface area contributed by atoms with E-state index in [0.29, 0.717) is 0 Å². The van der Waals surface area contributed by atoms with E-state index in [4.69, 9.17) is 0 Å². The molecule has 0 atom stereocenters. The van der Waals surface area contributed by atoms with Crippen LogP contribution in [0.5, 0.6) is 0 Å². The summed E-state index contributed by atoms with van der Waals surface area (Å²) in [5.41, 5.74) is 4.49. The van der Waals surface area contributed by atoms with Crippen LogP contribution in [0.3, 0.4) is 0 Å². The van der Waals surface area contributed by atoms with Crippen molar-refractivity contribution in [1.82, 2.24) is 5.32 Å². The number of nitrogens with one attached hydrogen (secondary N) is 1. The van der Waals surface area contributed by atoms with E-state index in [1.54, 1.807) is 0 Å². The van der Waals surface area contributed by atoms with Gasteiger partial charge >= 0.3 is 0 Å². The summed E-state index contributed by atoms with van der Waals surface area (Å²) in [5.74, 6) is 0. The maximum Gasteiger partial charge on any atom is -0.00488 e. The summed E-state index contributed by atoms with van der Waals surface area (Å²) in [4.78, 5) is 0. The molecule has 0 aliphatic carbocycles. The number of unbranched alkanes of at least 4 members (excludes halogenated alkanes) is 2. The first-order valence-corrected chi connectivity index (χ1v) is 5.36. The standard InChI is InChI=1S/C12H23N/c1-4-10-13-11-8-6-5-7-9-12(2)3/h7,13H,4-6,8,10-11H2,1-3H3. The molecule has 0 heterocycles. The van der Waals surface area contributed by atoms with Crippen molar-refractivity contribution in [3.63, 3.8) is 0 Å². The molecule has 0 saturated heterocycles. The minimum atomic E-state index is 1.16. The molecule has 0 rings (SSSR count). The zero-order valence-electron chi connectivity index (χ0n) is 9.32. The van der Waals surface area contributed by atoms with Gasteiger partial charge in [0.2, 0.25) is 0 Å². The summed E-state index contributed by atoms with van der Waals surface area (Å²) in [6.45, 7) is 8.68. The molecule has 1 heteroatoms. The van der Waals surface area contributed by atoms with Gasteiger partial charge in [0, 0.05) is 0 Å². The molecule has 0 aromatic heterocycles. The monoisotopic (exact) mass is 181 g/mol. The van der Waals surface area contributed by atoms with Crippen molar-refractivity contribution in [2.24, 2.45) is 0 Å². The van der Waals surface area contributed by atoms with E-state index in [2.05, 4.69) is 37.9 Å². The molecule has 0 fully saturated rings. The fourth-order valence-corrected chi connectivity index (χ4v) is 1.07. The maximum absolute atomic E-state index is 3.40. The van der Waals surface area contributed by atoms with E-state index in [1.807, 2.05) is 0 Å². The second-order valence-corrected chi connectivity index (χ2v) is 3.59. The molecule has 76 valence electrons. The SMILES string of the molecule is CCCNCCCCC=C=C(C)C. The van der Waals surface area contributed by atoms with Crippen LogP contribution in [0.4, 0.5) is 0 Å². The lowest BCUT2D eigenvalue weighted by molar-refractivity contribution is 0.620. The fraction of sp³-hybridized carbons (Fsp3) is 0.750. The molecule has 13 heavy (non-hydrogen) atoms. The minimum absolute atomic E-state index is 1.16. The molecule has 1 N–H and O–H groups in total. The van der Waals surface area contributed by atoms with Gasteiger partial charge in [-0.25, -0.2) is 0 Å². The van der Waals surface area contributed by atoms with Crippen LogP contribution in [0.1, 0.15) is 46.5 Å². The molecule has 0 bridgehead atoms. The summed E-state index contributed by atoms with van der Waals surface area (Å²) in [5, 5.41) is 3.40. The topological polar surface area (TPSA) is 12.0 Å². The Balaban J connectivity index is 3.13. The summed E-state index contributed by atoms with van der Waals surface area (Å²) in [7, 11) is 0. The Morgan fingerprint density at radius 1 is 1.23 bits per heavy atom. The predicted octanol–water partition coefficient (Wildman–Crippen LogP) is 3.28. The smallest absolute Gasteiger partial charge is 0.00488 e. The third-order valence-electron chi connectivity index (χ3n) is 1.77. The molecular weight excluding hydrogens is 158 g/mol. The molecule has 0 aromatic carbocycles. The van der Waals surface area contributed by atoms with Crippen molar-refractivity contribution >= 4 is 0 Å². The molecule has 0 aliphatic heterocycles. The largest absolute Gasteiger partial charge is 0.317 e. The number of hydrogen-bond acceptors (Lipinski definition) is 1. The first kappa shape index (κ1) is 12.5. The third kappa shape index (κ3) is 11.5. The highest BCUT2D eigenvalue weighted by molar-refractivity contribution is 4.93. The van der Waals surface area contributed by atoms with Crippen LogP contribution in [0, 0.1) is 0 Å². The highest BCUT2D eigenvalue weighted by Crippen LogP contribution is 1.95. The van der Waals surface area contributed by atoms with E-state index < -0.39 is 0 Å². The summed E-state index contributed by atoms with van der Waals surface area (Å²) in [6, 6.07) is 0. The summed E-state index contributed by atoms with van der Waals surface area (Å²) >= 11 is 0. The molecule has 0 saturated carbocycles. The van der Waals surface area contributed by atoms with Crippen molar-refractivity contribution in [1.29, 1.82) is 0 Å². The summed E-state index contributed by atoms with van der Waals surface area (Å²) < 4.78 is 0. The predicted molar refractivity (Wildman–Crippen MR) is 60.0 cm³/mol. The Kier molecular flexibility index (Phi) is 9.18. The normalized spacial score (nSPS) is 9.46. The van der Waals surface area contributed by atoms with Crippen molar-refractivity contribution < 1.29 is 0 Å². The van der Waals surface area contributed by atoms with Gasteiger partial charge in [0.1, 0.15) is 0 Å². The van der Waals surface area contributed by atoms with Crippen LogP contribution in [0.2, 0.25) is 0 Å². The molecule has 0 amide bonds. The lowest BCUT2D eigenvalue weighted by Crippen LogP contribution is -2.15. The number of hydrogen-bond donors (Lipinski definition) is 1. The van der Waals surface area contributed by atoms with Crippen LogP contribution < -0.4 is 5.32 Å². The van der Waals surface area contributed by atoms with Crippen LogP contribution in [0.15, 0.2) is 17.4 Å². The van der Waals surface area contributed by atoms with Gasteiger partial charge in [-0.2, -0.15) is 0 Å². The van der Waals surface area contributed by atoms with Gasteiger partial charge in [-0.15, -0.1) is 5.73 Å². The second-order valence-electron chi connectivity index (χ2n) is 3.59. The van der Waals surface area contributed by atoms with E-state index >= 15 is 0 Å². The first-order chi connectivity index (χ1) is 6.27. The Morgan fingerprint density at radius 3 is 2.62 bits per heavy atom. The molecule has 0 aromatic rings. The number of rotatable bonds is 7. The Morgan fingerprint density at radius 2 is 2.00 bits per heavy atom. The van der Waals surface area contributed by atoms with Gasteiger partial charge in [-0.1, -0.05) is 6.92 Å². The molecule has 0 aliphatic rings. The molecular formula is C12H23N.